The normalized spacial score (nSPS) is 12.4. The van der Waals surface area contributed by atoms with Gasteiger partial charge in [0.2, 0.25) is 0 Å². The molecule has 0 aliphatic rings. The van der Waals surface area contributed by atoms with E-state index in [1.165, 1.54) is 0 Å². The summed E-state index contributed by atoms with van der Waals surface area (Å²) in [7, 11) is 0. The van der Waals surface area contributed by atoms with E-state index < -0.39 is 0 Å². The van der Waals surface area contributed by atoms with Gasteiger partial charge in [0.1, 0.15) is 5.75 Å². The second kappa shape index (κ2) is 4.97. The SMILES string of the molecule is CCOc1cccc(-n2cc(C(C)N)nn2)c1. The lowest BCUT2D eigenvalue weighted by molar-refractivity contribution is 0.340. The molecule has 0 spiro atoms. The van der Waals surface area contributed by atoms with Gasteiger partial charge in [0, 0.05) is 12.1 Å². The van der Waals surface area contributed by atoms with Crippen LogP contribution in [0.2, 0.25) is 0 Å². The van der Waals surface area contributed by atoms with Crippen molar-refractivity contribution in [3.05, 3.63) is 36.2 Å². The lowest BCUT2D eigenvalue weighted by Crippen LogP contribution is -2.04. The van der Waals surface area contributed by atoms with Crippen LogP contribution in [0.15, 0.2) is 30.5 Å². The number of hydrogen-bond acceptors (Lipinski definition) is 4. The van der Waals surface area contributed by atoms with E-state index >= 15 is 0 Å². The predicted molar refractivity (Wildman–Crippen MR) is 65.1 cm³/mol. The van der Waals surface area contributed by atoms with Crippen molar-refractivity contribution in [2.75, 3.05) is 6.61 Å². The molecule has 0 amide bonds. The lowest BCUT2D eigenvalue weighted by Gasteiger charge is -2.05. The fourth-order valence-electron chi connectivity index (χ4n) is 1.49. The Labute approximate surface area is 100 Å². The Morgan fingerprint density at radius 1 is 1.47 bits per heavy atom. The average Bonchev–Trinajstić information content (AvgIpc) is 2.79. The molecule has 0 aliphatic heterocycles. The monoisotopic (exact) mass is 232 g/mol. The highest BCUT2D eigenvalue weighted by Gasteiger charge is 2.06. The van der Waals surface area contributed by atoms with Crippen LogP contribution in [0, 0.1) is 0 Å². The van der Waals surface area contributed by atoms with Crippen molar-refractivity contribution in [1.29, 1.82) is 0 Å². The van der Waals surface area contributed by atoms with E-state index in [0.717, 1.165) is 17.1 Å². The van der Waals surface area contributed by atoms with Crippen molar-refractivity contribution in [2.45, 2.75) is 19.9 Å². The summed E-state index contributed by atoms with van der Waals surface area (Å²) < 4.78 is 7.13. The molecule has 17 heavy (non-hydrogen) atoms. The maximum atomic E-state index is 5.74. The second-order valence-electron chi connectivity index (χ2n) is 3.81. The highest BCUT2D eigenvalue weighted by Crippen LogP contribution is 2.17. The van der Waals surface area contributed by atoms with Crippen LogP contribution >= 0.6 is 0 Å². The van der Waals surface area contributed by atoms with E-state index in [-0.39, 0.29) is 6.04 Å². The molecule has 0 radical (unpaired) electrons. The summed E-state index contributed by atoms with van der Waals surface area (Å²) in [6.07, 6.45) is 1.83. The summed E-state index contributed by atoms with van der Waals surface area (Å²) >= 11 is 0. The molecule has 0 fully saturated rings. The fourth-order valence-corrected chi connectivity index (χ4v) is 1.49. The van der Waals surface area contributed by atoms with Crippen LogP contribution in [-0.4, -0.2) is 21.6 Å². The molecule has 5 heteroatoms. The van der Waals surface area contributed by atoms with Gasteiger partial charge in [-0.1, -0.05) is 11.3 Å². The highest BCUT2D eigenvalue weighted by atomic mass is 16.5. The minimum absolute atomic E-state index is 0.112. The van der Waals surface area contributed by atoms with Gasteiger partial charge >= 0.3 is 0 Å². The van der Waals surface area contributed by atoms with Crippen LogP contribution < -0.4 is 10.5 Å². The number of rotatable bonds is 4. The number of hydrogen-bond donors (Lipinski definition) is 1. The van der Waals surface area contributed by atoms with Crippen LogP contribution in [0.25, 0.3) is 5.69 Å². The molecular weight excluding hydrogens is 216 g/mol. The Kier molecular flexibility index (Phi) is 3.39. The summed E-state index contributed by atoms with van der Waals surface area (Å²) in [5, 5.41) is 8.05. The molecule has 2 N–H and O–H groups in total. The molecule has 0 saturated heterocycles. The molecule has 1 atom stereocenters. The van der Waals surface area contributed by atoms with Crippen molar-refractivity contribution in [2.24, 2.45) is 5.73 Å². The fraction of sp³-hybridized carbons (Fsp3) is 0.333. The van der Waals surface area contributed by atoms with E-state index in [1.54, 1.807) is 4.68 Å². The minimum Gasteiger partial charge on any atom is -0.494 e. The number of nitrogens with two attached hydrogens (primary N) is 1. The Bertz CT molecular complexity index is 493. The van der Waals surface area contributed by atoms with Gasteiger partial charge in [-0.2, -0.15) is 0 Å². The standard InChI is InChI=1S/C12H16N4O/c1-3-17-11-6-4-5-10(7-11)16-8-12(9(2)13)14-15-16/h4-9H,3,13H2,1-2H3. The Hall–Kier alpha value is -1.88. The molecular formula is C12H16N4O. The molecule has 1 heterocycles. The third-order valence-corrected chi connectivity index (χ3v) is 2.37. The lowest BCUT2D eigenvalue weighted by atomic mass is 10.3. The molecule has 1 aromatic heterocycles. The van der Waals surface area contributed by atoms with Crippen molar-refractivity contribution < 1.29 is 4.74 Å². The van der Waals surface area contributed by atoms with E-state index in [4.69, 9.17) is 10.5 Å². The van der Waals surface area contributed by atoms with Gasteiger partial charge in [-0.05, 0) is 26.0 Å². The van der Waals surface area contributed by atoms with Gasteiger partial charge in [-0.25, -0.2) is 4.68 Å². The Morgan fingerprint density at radius 2 is 2.29 bits per heavy atom. The molecule has 90 valence electrons. The molecule has 2 rings (SSSR count). The van der Waals surface area contributed by atoms with Crippen LogP contribution in [-0.2, 0) is 0 Å². The number of aromatic nitrogens is 3. The second-order valence-corrected chi connectivity index (χ2v) is 3.81. The topological polar surface area (TPSA) is 66.0 Å². The third-order valence-electron chi connectivity index (χ3n) is 2.37. The summed E-state index contributed by atoms with van der Waals surface area (Å²) in [4.78, 5) is 0. The first kappa shape index (κ1) is 11.6. The molecule has 1 aromatic carbocycles. The first-order chi connectivity index (χ1) is 8.20. The van der Waals surface area contributed by atoms with Crippen molar-refractivity contribution in [3.8, 4) is 11.4 Å². The summed E-state index contributed by atoms with van der Waals surface area (Å²) in [6.45, 7) is 4.48. The Balaban J connectivity index is 2.28. The summed E-state index contributed by atoms with van der Waals surface area (Å²) in [5.74, 6) is 0.822. The van der Waals surface area contributed by atoms with Gasteiger partial charge in [0.15, 0.2) is 0 Å². The smallest absolute Gasteiger partial charge is 0.121 e. The quantitative estimate of drug-likeness (QED) is 0.871. The molecule has 5 nitrogen and oxygen atoms in total. The number of nitrogens with zero attached hydrogens (tertiary/aromatic N) is 3. The minimum atomic E-state index is -0.112. The first-order valence-electron chi connectivity index (χ1n) is 5.61. The van der Waals surface area contributed by atoms with Crippen LogP contribution in [0.1, 0.15) is 25.6 Å². The number of ether oxygens (including phenoxy) is 1. The van der Waals surface area contributed by atoms with E-state index in [1.807, 2.05) is 44.3 Å². The molecule has 0 saturated carbocycles. The van der Waals surface area contributed by atoms with Gasteiger partial charge in [-0.3, -0.25) is 0 Å². The maximum Gasteiger partial charge on any atom is 0.121 e. The van der Waals surface area contributed by atoms with Gasteiger partial charge < -0.3 is 10.5 Å². The van der Waals surface area contributed by atoms with Crippen molar-refractivity contribution >= 4 is 0 Å². The molecule has 2 aromatic rings. The van der Waals surface area contributed by atoms with E-state index in [2.05, 4.69) is 10.3 Å². The highest BCUT2D eigenvalue weighted by molar-refractivity contribution is 5.38. The van der Waals surface area contributed by atoms with Gasteiger partial charge in [0.05, 0.1) is 24.2 Å². The van der Waals surface area contributed by atoms with E-state index in [9.17, 15) is 0 Å². The zero-order chi connectivity index (χ0) is 12.3. The maximum absolute atomic E-state index is 5.74. The van der Waals surface area contributed by atoms with Gasteiger partial charge in [0.25, 0.3) is 0 Å². The average molecular weight is 232 g/mol. The molecule has 0 aliphatic carbocycles. The first-order valence-corrected chi connectivity index (χ1v) is 5.61. The third kappa shape index (κ3) is 2.62. The van der Waals surface area contributed by atoms with E-state index in [0.29, 0.717) is 6.61 Å². The Morgan fingerprint density at radius 3 is 2.94 bits per heavy atom. The van der Waals surface area contributed by atoms with Gasteiger partial charge in [-0.15, -0.1) is 5.10 Å². The van der Waals surface area contributed by atoms with Crippen molar-refractivity contribution in [3.63, 3.8) is 0 Å². The van der Waals surface area contributed by atoms with Crippen molar-refractivity contribution in [1.82, 2.24) is 15.0 Å². The summed E-state index contributed by atoms with van der Waals surface area (Å²) in [5.41, 5.74) is 7.42. The van der Waals surface area contributed by atoms with Crippen LogP contribution in [0.3, 0.4) is 0 Å². The number of benzene rings is 1. The molecule has 1 unspecified atom stereocenters. The zero-order valence-electron chi connectivity index (χ0n) is 10.00. The zero-order valence-corrected chi connectivity index (χ0v) is 10.00. The van der Waals surface area contributed by atoms with Crippen LogP contribution in [0.5, 0.6) is 5.75 Å². The summed E-state index contributed by atoms with van der Waals surface area (Å²) in [6, 6.07) is 7.59. The largest absolute Gasteiger partial charge is 0.494 e. The molecule has 0 bridgehead atoms. The van der Waals surface area contributed by atoms with Crippen LogP contribution in [0.4, 0.5) is 0 Å². The predicted octanol–water partition coefficient (Wildman–Crippen LogP) is 1.69.